The van der Waals surface area contributed by atoms with Crippen molar-refractivity contribution in [3.63, 3.8) is 0 Å². The molecule has 6 nitrogen and oxygen atoms in total. The van der Waals surface area contributed by atoms with Gasteiger partial charge in [-0.05, 0) is 35.2 Å². The normalized spacial score (nSPS) is 23.6. The number of carbonyl (C=O) groups is 2. The van der Waals surface area contributed by atoms with Gasteiger partial charge in [-0.25, -0.2) is 0 Å². The quantitative estimate of drug-likeness (QED) is 0.786. The van der Waals surface area contributed by atoms with E-state index in [1.54, 1.807) is 0 Å². The highest BCUT2D eigenvalue weighted by atomic mass is 16.2. The van der Waals surface area contributed by atoms with Crippen LogP contribution in [0, 0.1) is 0 Å². The van der Waals surface area contributed by atoms with E-state index in [-0.39, 0.29) is 18.2 Å². The first-order valence-corrected chi connectivity index (χ1v) is 12.2. The van der Waals surface area contributed by atoms with Crippen LogP contribution in [0.3, 0.4) is 0 Å². The van der Waals surface area contributed by atoms with Crippen LogP contribution in [0.4, 0.5) is 0 Å². The smallest absolute Gasteiger partial charge is 0.237 e. The average molecular weight is 435 g/mol. The van der Waals surface area contributed by atoms with Crippen LogP contribution in [0.5, 0.6) is 0 Å². The highest BCUT2D eigenvalue weighted by Gasteiger charge is 2.34. The molecule has 1 saturated carbocycles. The Labute approximate surface area is 190 Å². The van der Waals surface area contributed by atoms with Gasteiger partial charge in [-0.1, -0.05) is 49.2 Å². The number of carbonyl (C=O) groups excluding carboxylic acids is 2. The Morgan fingerprint density at radius 2 is 1.69 bits per heavy atom. The molecule has 0 radical (unpaired) electrons. The SMILES string of the molecule is O=C1NCCN(Cc2ccc3ccccc3c2)[C@@H]1CC(=O)N1CCN(C2CCCC2)CC1. The van der Waals surface area contributed by atoms with Crippen molar-refractivity contribution in [2.45, 2.75) is 50.7 Å². The molecule has 6 heteroatoms. The molecule has 0 spiro atoms. The van der Waals surface area contributed by atoms with Gasteiger partial charge in [0.25, 0.3) is 0 Å². The summed E-state index contributed by atoms with van der Waals surface area (Å²) in [6.07, 6.45) is 5.56. The topological polar surface area (TPSA) is 55.9 Å². The summed E-state index contributed by atoms with van der Waals surface area (Å²) in [5.74, 6) is 0.0941. The summed E-state index contributed by atoms with van der Waals surface area (Å²) in [4.78, 5) is 32.5. The second-order valence-corrected chi connectivity index (χ2v) is 9.52. The van der Waals surface area contributed by atoms with E-state index in [0.717, 1.165) is 32.7 Å². The summed E-state index contributed by atoms with van der Waals surface area (Å²) in [6, 6.07) is 15.1. The standard InChI is InChI=1S/C26H34N4O2/c31-25(29-15-13-28(14-16-29)23-7-3-4-8-23)18-24-26(32)27-11-12-30(24)19-20-9-10-21-5-1-2-6-22(21)17-20/h1-2,5-6,9-10,17,23-24H,3-4,7-8,11-16,18-19H2,(H,27,32)/t24-/m1/s1. The Morgan fingerprint density at radius 1 is 0.938 bits per heavy atom. The first-order valence-electron chi connectivity index (χ1n) is 12.2. The highest BCUT2D eigenvalue weighted by molar-refractivity contribution is 5.89. The van der Waals surface area contributed by atoms with Gasteiger partial charge in [0.15, 0.2) is 0 Å². The second-order valence-electron chi connectivity index (χ2n) is 9.52. The van der Waals surface area contributed by atoms with Gasteiger partial charge in [-0.2, -0.15) is 0 Å². The number of fused-ring (bicyclic) bond motifs is 1. The fourth-order valence-electron chi connectivity index (χ4n) is 5.65. The van der Waals surface area contributed by atoms with Crippen LogP contribution in [0.1, 0.15) is 37.7 Å². The molecule has 0 bridgehead atoms. The van der Waals surface area contributed by atoms with E-state index < -0.39 is 6.04 Å². The lowest BCUT2D eigenvalue weighted by atomic mass is 10.0. The van der Waals surface area contributed by atoms with Crippen molar-refractivity contribution < 1.29 is 9.59 Å². The molecule has 2 aromatic carbocycles. The molecule has 1 atom stereocenters. The minimum Gasteiger partial charge on any atom is -0.353 e. The maximum Gasteiger partial charge on any atom is 0.237 e. The third-order valence-corrected chi connectivity index (χ3v) is 7.52. The predicted molar refractivity (Wildman–Crippen MR) is 126 cm³/mol. The van der Waals surface area contributed by atoms with Crippen molar-refractivity contribution in [2.75, 3.05) is 39.3 Å². The van der Waals surface area contributed by atoms with Crippen LogP contribution < -0.4 is 5.32 Å². The molecule has 170 valence electrons. The molecule has 3 fully saturated rings. The molecule has 2 heterocycles. The number of benzene rings is 2. The Hall–Kier alpha value is -2.44. The summed E-state index contributed by atoms with van der Waals surface area (Å²) in [5, 5.41) is 5.40. The molecular weight excluding hydrogens is 400 g/mol. The van der Waals surface area contributed by atoms with E-state index in [1.165, 1.54) is 42.0 Å². The third-order valence-electron chi connectivity index (χ3n) is 7.52. The number of nitrogens with zero attached hydrogens (tertiary/aromatic N) is 3. The van der Waals surface area contributed by atoms with Crippen LogP contribution in [0.2, 0.25) is 0 Å². The molecule has 2 saturated heterocycles. The van der Waals surface area contributed by atoms with Crippen molar-refractivity contribution in [1.82, 2.24) is 20.0 Å². The molecule has 2 amide bonds. The third kappa shape index (κ3) is 4.66. The van der Waals surface area contributed by atoms with Gasteiger partial charge in [-0.3, -0.25) is 19.4 Å². The molecule has 2 aliphatic heterocycles. The number of rotatable bonds is 5. The Kier molecular flexibility index (Phi) is 6.42. The molecule has 1 N–H and O–H groups in total. The number of amides is 2. The Morgan fingerprint density at radius 3 is 2.47 bits per heavy atom. The van der Waals surface area contributed by atoms with Crippen LogP contribution in [0.25, 0.3) is 10.8 Å². The van der Waals surface area contributed by atoms with Gasteiger partial charge in [0.1, 0.15) is 0 Å². The monoisotopic (exact) mass is 434 g/mol. The van der Waals surface area contributed by atoms with Gasteiger partial charge in [0.05, 0.1) is 12.5 Å². The van der Waals surface area contributed by atoms with Crippen LogP contribution in [-0.4, -0.2) is 77.9 Å². The fourth-order valence-corrected chi connectivity index (χ4v) is 5.65. The zero-order valence-electron chi connectivity index (χ0n) is 18.8. The van der Waals surface area contributed by atoms with Gasteiger partial charge in [-0.15, -0.1) is 0 Å². The first kappa shape index (κ1) is 21.4. The number of nitrogens with one attached hydrogen (secondary N) is 1. The van der Waals surface area contributed by atoms with E-state index in [2.05, 4.69) is 45.4 Å². The van der Waals surface area contributed by atoms with Crippen molar-refractivity contribution >= 4 is 22.6 Å². The molecular formula is C26H34N4O2. The lowest BCUT2D eigenvalue weighted by Gasteiger charge is -2.40. The number of hydrogen-bond acceptors (Lipinski definition) is 4. The Bertz CT molecular complexity index is 963. The van der Waals surface area contributed by atoms with Crippen molar-refractivity contribution in [3.05, 3.63) is 48.0 Å². The van der Waals surface area contributed by atoms with Crippen molar-refractivity contribution in [3.8, 4) is 0 Å². The maximum atomic E-state index is 13.1. The molecule has 2 aromatic rings. The summed E-state index contributed by atoms with van der Waals surface area (Å²) in [6.45, 7) is 5.60. The molecule has 32 heavy (non-hydrogen) atoms. The zero-order chi connectivity index (χ0) is 21.9. The summed E-state index contributed by atoms with van der Waals surface area (Å²) >= 11 is 0. The molecule has 0 aromatic heterocycles. The fraction of sp³-hybridized carbons (Fsp3) is 0.538. The van der Waals surface area contributed by atoms with Crippen molar-refractivity contribution in [1.29, 1.82) is 0 Å². The van der Waals surface area contributed by atoms with Crippen LogP contribution in [0.15, 0.2) is 42.5 Å². The van der Waals surface area contributed by atoms with Crippen molar-refractivity contribution in [2.24, 2.45) is 0 Å². The summed E-state index contributed by atoms with van der Waals surface area (Å²) in [7, 11) is 0. The van der Waals surface area contributed by atoms with E-state index >= 15 is 0 Å². The van der Waals surface area contributed by atoms with Gasteiger partial charge >= 0.3 is 0 Å². The molecule has 5 rings (SSSR count). The van der Waals surface area contributed by atoms with E-state index in [4.69, 9.17) is 0 Å². The number of hydrogen-bond donors (Lipinski definition) is 1. The molecule has 0 unspecified atom stereocenters. The van der Waals surface area contributed by atoms with E-state index in [1.807, 2.05) is 17.0 Å². The minimum absolute atomic E-state index is 0.0185. The maximum absolute atomic E-state index is 13.1. The highest BCUT2D eigenvalue weighted by Crippen LogP contribution is 2.25. The molecule has 1 aliphatic carbocycles. The van der Waals surface area contributed by atoms with E-state index in [0.29, 0.717) is 19.1 Å². The Balaban J connectivity index is 1.21. The van der Waals surface area contributed by atoms with Gasteiger partial charge in [0, 0.05) is 51.9 Å². The lowest BCUT2D eigenvalue weighted by Crippen LogP contribution is -2.57. The first-order chi connectivity index (χ1) is 15.7. The largest absolute Gasteiger partial charge is 0.353 e. The van der Waals surface area contributed by atoms with E-state index in [9.17, 15) is 9.59 Å². The summed E-state index contributed by atoms with van der Waals surface area (Å²) in [5.41, 5.74) is 1.18. The lowest BCUT2D eigenvalue weighted by molar-refractivity contribution is -0.140. The average Bonchev–Trinajstić information content (AvgIpc) is 3.36. The second kappa shape index (κ2) is 9.59. The predicted octanol–water partition coefficient (Wildman–Crippen LogP) is 2.62. The minimum atomic E-state index is -0.393. The van der Waals surface area contributed by atoms with Gasteiger partial charge < -0.3 is 10.2 Å². The van der Waals surface area contributed by atoms with Gasteiger partial charge in [0.2, 0.25) is 11.8 Å². The van der Waals surface area contributed by atoms with Crippen LogP contribution >= 0.6 is 0 Å². The summed E-state index contributed by atoms with van der Waals surface area (Å²) < 4.78 is 0. The molecule has 3 aliphatic rings. The number of piperazine rings is 2. The van der Waals surface area contributed by atoms with Crippen LogP contribution in [-0.2, 0) is 16.1 Å². The zero-order valence-corrected chi connectivity index (χ0v) is 18.8.